The number of unbranched alkanes of at least 4 members (excludes halogenated alkanes) is 2. The average Bonchev–Trinajstić information content (AvgIpc) is 2.75. The molecule has 0 aromatic carbocycles. The Morgan fingerprint density at radius 1 is 1.57 bits per heavy atom. The van der Waals surface area contributed by atoms with E-state index >= 15 is 0 Å². The highest BCUT2D eigenvalue weighted by Gasteiger charge is 2.50. The standard InChI is InChI=1S/C11H18N2O/c1-11(2)8-9(11)10(14)13-7-5-3-4-6-12/h9H,3-5,7-8H2,1-2H3,(H,13,14). The fourth-order valence-electron chi connectivity index (χ4n) is 1.58. The lowest BCUT2D eigenvalue weighted by Crippen LogP contribution is -2.27. The van der Waals surface area contributed by atoms with Gasteiger partial charge in [0.25, 0.3) is 0 Å². The van der Waals surface area contributed by atoms with Crippen molar-refractivity contribution in [2.75, 3.05) is 6.54 Å². The normalized spacial score (nSPS) is 22.5. The zero-order chi connectivity index (χ0) is 10.6. The molecule has 0 spiro atoms. The predicted molar refractivity (Wildman–Crippen MR) is 54.4 cm³/mol. The second-order valence-electron chi connectivity index (χ2n) is 4.65. The fourth-order valence-corrected chi connectivity index (χ4v) is 1.58. The molecule has 0 aliphatic heterocycles. The van der Waals surface area contributed by atoms with E-state index in [-0.39, 0.29) is 17.2 Å². The van der Waals surface area contributed by atoms with Crippen LogP contribution in [0.15, 0.2) is 0 Å². The lowest BCUT2D eigenvalue weighted by molar-refractivity contribution is -0.122. The quantitative estimate of drug-likeness (QED) is 0.679. The van der Waals surface area contributed by atoms with Crippen LogP contribution < -0.4 is 5.32 Å². The Morgan fingerprint density at radius 2 is 2.21 bits per heavy atom. The van der Waals surface area contributed by atoms with Crippen LogP contribution in [0, 0.1) is 22.7 Å². The summed E-state index contributed by atoms with van der Waals surface area (Å²) >= 11 is 0. The van der Waals surface area contributed by atoms with Gasteiger partial charge in [-0.1, -0.05) is 13.8 Å². The van der Waals surface area contributed by atoms with Crippen LogP contribution in [0.3, 0.4) is 0 Å². The molecule has 0 bridgehead atoms. The molecule has 1 unspecified atom stereocenters. The Morgan fingerprint density at radius 3 is 2.71 bits per heavy atom. The molecule has 1 aliphatic rings. The van der Waals surface area contributed by atoms with Crippen LogP contribution in [0.1, 0.15) is 39.5 Å². The molecule has 1 aliphatic carbocycles. The first-order valence-corrected chi connectivity index (χ1v) is 5.22. The highest BCUT2D eigenvalue weighted by atomic mass is 16.2. The average molecular weight is 194 g/mol. The Kier molecular flexibility index (Phi) is 3.51. The molecule has 1 rings (SSSR count). The van der Waals surface area contributed by atoms with Gasteiger partial charge in [0.15, 0.2) is 0 Å². The van der Waals surface area contributed by atoms with E-state index in [1.165, 1.54) is 0 Å². The Hall–Kier alpha value is -1.04. The van der Waals surface area contributed by atoms with E-state index < -0.39 is 0 Å². The smallest absolute Gasteiger partial charge is 0.223 e. The number of nitrogens with one attached hydrogen (secondary N) is 1. The summed E-state index contributed by atoms with van der Waals surface area (Å²) in [6.07, 6.45) is 3.39. The SMILES string of the molecule is CC1(C)CC1C(=O)NCCCCC#N. The number of rotatable bonds is 5. The molecule has 0 radical (unpaired) electrons. The third-order valence-corrected chi connectivity index (χ3v) is 2.84. The first-order chi connectivity index (χ1) is 6.58. The zero-order valence-electron chi connectivity index (χ0n) is 8.97. The molecule has 1 N–H and O–H groups in total. The number of hydrogen-bond donors (Lipinski definition) is 1. The van der Waals surface area contributed by atoms with Crippen molar-refractivity contribution in [1.82, 2.24) is 5.32 Å². The van der Waals surface area contributed by atoms with E-state index in [1.54, 1.807) is 0 Å². The van der Waals surface area contributed by atoms with Crippen molar-refractivity contribution >= 4 is 5.91 Å². The monoisotopic (exact) mass is 194 g/mol. The Bertz CT molecular complexity index is 253. The molecule has 1 saturated carbocycles. The van der Waals surface area contributed by atoms with Crippen molar-refractivity contribution in [1.29, 1.82) is 5.26 Å². The van der Waals surface area contributed by atoms with Crippen LogP contribution in [0.25, 0.3) is 0 Å². The number of nitrogens with zero attached hydrogens (tertiary/aromatic N) is 1. The van der Waals surface area contributed by atoms with Gasteiger partial charge in [-0.25, -0.2) is 0 Å². The molecule has 3 heteroatoms. The van der Waals surface area contributed by atoms with Gasteiger partial charge in [0.1, 0.15) is 0 Å². The summed E-state index contributed by atoms with van der Waals surface area (Å²) < 4.78 is 0. The van der Waals surface area contributed by atoms with E-state index in [0.29, 0.717) is 13.0 Å². The Labute approximate surface area is 85.5 Å². The minimum atomic E-state index is 0.187. The lowest BCUT2D eigenvalue weighted by Gasteiger charge is -2.05. The summed E-state index contributed by atoms with van der Waals surface area (Å²) in [4.78, 5) is 11.5. The first-order valence-electron chi connectivity index (χ1n) is 5.22. The van der Waals surface area contributed by atoms with Gasteiger partial charge < -0.3 is 5.32 Å². The minimum absolute atomic E-state index is 0.187. The molecular weight excluding hydrogens is 176 g/mol. The lowest BCUT2D eigenvalue weighted by atomic mass is 10.1. The summed E-state index contributed by atoms with van der Waals surface area (Å²) in [5, 5.41) is 11.2. The maximum absolute atomic E-state index is 11.5. The molecule has 1 fully saturated rings. The summed E-state index contributed by atoms with van der Waals surface area (Å²) in [5.41, 5.74) is 0.219. The van der Waals surface area contributed by atoms with E-state index in [4.69, 9.17) is 5.26 Å². The molecule has 0 heterocycles. The van der Waals surface area contributed by atoms with E-state index in [0.717, 1.165) is 19.3 Å². The van der Waals surface area contributed by atoms with Gasteiger partial charge >= 0.3 is 0 Å². The molecule has 0 saturated heterocycles. The molecule has 1 amide bonds. The topological polar surface area (TPSA) is 52.9 Å². The first kappa shape index (κ1) is 11.0. The molecule has 3 nitrogen and oxygen atoms in total. The van der Waals surface area contributed by atoms with Crippen molar-refractivity contribution in [3.8, 4) is 6.07 Å². The molecule has 78 valence electrons. The predicted octanol–water partition coefficient (Wildman–Crippen LogP) is 1.84. The largest absolute Gasteiger partial charge is 0.356 e. The van der Waals surface area contributed by atoms with E-state index in [1.807, 2.05) is 0 Å². The summed E-state index contributed by atoms with van der Waals surface area (Å²) in [6, 6.07) is 2.09. The van der Waals surface area contributed by atoms with Crippen LogP contribution in [-0.2, 0) is 4.79 Å². The molecule has 1 atom stereocenters. The fraction of sp³-hybridized carbons (Fsp3) is 0.818. The highest BCUT2D eigenvalue weighted by Crippen LogP contribution is 2.51. The zero-order valence-corrected chi connectivity index (χ0v) is 8.97. The van der Waals surface area contributed by atoms with Crippen LogP contribution in [0.4, 0.5) is 0 Å². The van der Waals surface area contributed by atoms with Crippen molar-refractivity contribution < 1.29 is 4.79 Å². The maximum atomic E-state index is 11.5. The number of hydrogen-bond acceptors (Lipinski definition) is 2. The second kappa shape index (κ2) is 4.45. The van der Waals surface area contributed by atoms with Crippen LogP contribution in [-0.4, -0.2) is 12.5 Å². The van der Waals surface area contributed by atoms with Gasteiger partial charge in [0.2, 0.25) is 5.91 Å². The summed E-state index contributed by atoms with van der Waals surface area (Å²) in [7, 11) is 0. The molecule has 0 aromatic rings. The van der Waals surface area contributed by atoms with Crippen molar-refractivity contribution in [3.05, 3.63) is 0 Å². The molecular formula is C11H18N2O. The van der Waals surface area contributed by atoms with E-state index in [9.17, 15) is 4.79 Å². The second-order valence-corrected chi connectivity index (χ2v) is 4.65. The van der Waals surface area contributed by atoms with Crippen molar-refractivity contribution in [3.63, 3.8) is 0 Å². The van der Waals surface area contributed by atoms with Gasteiger partial charge in [-0.05, 0) is 24.7 Å². The summed E-state index contributed by atoms with van der Waals surface area (Å²) in [6.45, 7) is 4.95. The van der Waals surface area contributed by atoms with Crippen LogP contribution >= 0.6 is 0 Å². The molecule has 14 heavy (non-hydrogen) atoms. The molecule has 0 aromatic heterocycles. The third kappa shape index (κ3) is 3.02. The van der Waals surface area contributed by atoms with Crippen LogP contribution in [0.2, 0.25) is 0 Å². The number of carbonyl (C=O) groups excluding carboxylic acids is 1. The van der Waals surface area contributed by atoms with Gasteiger partial charge in [-0.15, -0.1) is 0 Å². The van der Waals surface area contributed by atoms with Gasteiger partial charge in [-0.3, -0.25) is 4.79 Å². The Balaban J connectivity index is 2.03. The van der Waals surface area contributed by atoms with Gasteiger partial charge in [0.05, 0.1) is 6.07 Å². The van der Waals surface area contributed by atoms with Gasteiger partial charge in [0, 0.05) is 18.9 Å². The van der Waals surface area contributed by atoms with Crippen LogP contribution in [0.5, 0.6) is 0 Å². The number of nitriles is 1. The third-order valence-electron chi connectivity index (χ3n) is 2.84. The van der Waals surface area contributed by atoms with E-state index in [2.05, 4.69) is 25.2 Å². The summed E-state index contributed by atoms with van der Waals surface area (Å²) in [5.74, 6) is 0.408. The van der Waals surface area contributed by atoms with Crippen molar-refractivity contribution in [2.24, 2.45) is 11.3 Å². The maximum Gasteiger partial charge on any atom is 0.223 e. The number of amides is 1. The highest BCUT2D eigenvalue weighted by molar-refractivity contribution is 5.82. The number of carbonyl (C=O) groups is 1. The minimum Gasteiger partial charge on any atom is -0.356 e. The van der Waals surface area contributed by atoms with Gasteiger partial charge in [-0.2, -0.15) is 5.26 Å². The van der Waals surface area contributed by atoms with Crippen molar-refractivity contribution in [2.45, 2.75) is 39.5 Å².